The van der Waals surface area contributed by atoms with Crippen LogP contribution in [-0.2, 0) is 6.54 Å². The predicted octanol–water partition coefficient (Wildman–Crippen LogP) is 3.05. The molecule has 0 aliphatic carbocycles. The van der Waals surface area contributed by atoms with Gasteiger partial charge >= 0.3 is 6.03 Å². The van der Waals surface area contributed by atoms with E-state index in [1.165, 1.54) is 11.3 Å². The normalized spacial score (nSPS) is 13.8. The quantitative estimate of drug-likeness (QED) is 0.891. The van der Waals surface area contributed by atoms with Crippen LogP contribution in [0.4, 0.5) is 4.79 Å². The number of amides is 2. The maximum atomic E-state index is 11.9. The maximum absolute atomic E-state index is 11.9. The molecule has 0 spiro atoms. The van der Waals surface area contributed by atoms with E-state index in [2.05, 4.69) is 15.7 Å². The van der Waals surface area contributed by atoms with Gasteiger partial charge in [-0.3, -0.25) is 4.68 Å². The minimum Gasteiger partial charge on any atom is -0.334 e. The topological polar surface area (TPSA) is 59.0 Å². The van der Waals surface area contributed by atoms with Crippen LogP contribution in [0.5, 0.6) is 0 Å². The Labute approximate surface area is 126 Å². The lowest BCUT2D eigenvalue weighted by atomic mass is 10.3. The summed E-state index contributed by atoms with van der Waals surface area (Å²) in [7, 11) is 0. The number of carbonyl (C=O) groups excluding carboxylic acids is 1. The zero-order valence-electron chi connectivity index (χ0n) is 11.3. The molecule has 0 radical (unpaired) electrons. The highest BCUT2D eigenvalue weighted by atomic mass is 35.5. The molecule has 2 amide bonds. The first kappa shape index (κ1) is 14.9. The fourth-order valence-corrected chi connectivity index (χ4v) is 2.89. The van der Waals surface area contributed by atoms with Crippen LogP contribution in [0.1, 0.15) is 24.8 Å². The average Bonchev–Trinajstić information content (AvgIpc) is 3.00. The second-order valence-corrected chi connectivity index (χ2v) is 6.36. The summed E-state index contributed by atoms with van der Waals surface area (Å²) in [6.07, 6.45) is 3.59. The van der Waals surface area contributed by atoms with Crippen molar-refractivity contribution in [2.75, 3.05) is 0 Å². The molecule has 2 rings (SSSR count). The standard InChI is InChI=1S/C13H17ClN4OS/c1-9(8-18-7-3-6-15-18)16-13(19)17-10(2)11-4-5-12(14)20-11/h3-7,9-10H,8H2,1-2H3,(H2,16,17,19)/t9-,10-/m0/s1. The molecule has 0 saturated carbocycles. The van der Waals surface area contributed by atoms with Gasteiger partial charge in [0.05, 0.1) is 16.9 Å². The van der Waals surface area contributed by atoms with Crippen LogP contribution in [0.15, 0.2) is 30.6 Å². The summed E-state index contributed by atoms with van der Waals surface area (Å²) in [4.78, 5) is 12.9. The van der Waals surface area contributed by atoms with E-state index in [1.807, 2.05) is 38.2 Å². The van der Waals surface area contributed by atoms with Crippen molar-refractivity contribution in [2.24, 2.45) is 0 Å². The van der Waals surface area contributed by atoms with Gasteiger partial charge in [0.25, 0.3) is 0 Å². The summed E-state index contributed by atoms with van der Waals surface area (Å²) in [5, 5.41) is 9.89. The third kappa shape index (κ3) is 4.25. The van der Waals surface area contributed by atoms with Crippen LogP contribution in [0.3, 0.4) is 0 Å². The molecule has 2 heterocycles. The van der Waals surface area contributed by atoms with Gasteiger partial charge in [0.1, 0.15) is 0 Å². The van der Waals surface area contributed by atoms with E-state index in [0.29, 0.717) is 6.54 Å². The van der Waals surface area contributed by atoms with Gasteiger partial charge < -0.3 is 10.6 Å². The van der Waals surface area contributed by atoms with E-state index in [1.54, 1.807) is 10.9 Å². The molecular formula is C13H17ClN4OS. The van der Waals surface area contributed by atoms with Crippen molar-refractivity contribution in [1.82, 2.24) is 20.4 Å². The highest BCUT2D eigenvalue weighted by Crippen LogP contribution is 2.26. The molecular weight excluding hydrogens is 296 g/mol. The molecule has 2 atom stereocenters. The van der Waals surface area contributed by atoms with E-state index in [4.69, 9.17) is 11.6 Å². The zero-order valence-corrected chi connectivity index (χ0v) is 12.9. The number of carbonyl (C=O) groups is 1. The number of urea groups is 1. The van der Waals surface area contributed by atoms with E-state index >= 15 is 0 Å². The van der Waals surface area contributed by atoms with Gasteiger partial charge in [-0.25, -0.2) is 4.79 Å². The Morgan fingerprint density at radius 2 is 2.25 bits per heavy atom. The molecule has 7 heteroatoms. The van der Waals surface area contributed by atoms with Gasteiger partial charge in [-0.15, -0.1) is 11.3 Å². The van der Waals surface area contributed by atoms with Gasteiger partial charge in [0.15, 0.2) is 0 Å². The average molecular weight is 313 g/mol. The van der Waals surface area contributed by atoms with Gasteiger partial charge in [0.2, 0.25) is 0 Å². The van der Waals surface area contributed by atoms with Crippen molar-refractivity contribution < 1.29 is 4.79 Å². The summed E-state index contributed by atoms with van der Waals surface area (Å²) in [5.74, 6) is 0. The van der Waals surface area contributed by atoms with E-state index in [9.17, 15) is 4.79 Å². The highest BCUT2D eigenvalue weighted by Gasteiger charge is 2.13. The molecule has 0 fully saturated rings. The summed E-state index contributed by atoms with van der Waals surface area (Å²) >= 11 is 7.35. The second-order valence-electron chi connectivity index (χ2n) is 4.61. The minimum atomic E-state index is -0.193. The Bertz CT molecular complexity index is 554. The van der Waals surface area contributed by atoms with Gasteiger partial charge in [-0.2, -0.15) is 5.10 Å². The molecule has 20 heavy (non-hydrogen) atoms. The lowest BCUT2D eigenvalue weighted by molar-refractivity contribution is 0.233. The van der Waals surface area contributed by atoms with E-state index < -0.39 is 0 Å². The first-order valence-corrected chi connectivity index (χ1v) is 7.53. The second kappa shape index (κ2) is 6.76. The van der Waals surface area contributed by atoms with Crippen LogP contribution < -0.4 is 10.6 Å². The van der Waals surface area contributed by atoms with Crippen LogP contribution in [0.25, 0.3) is 0 Å². The van der Waals surface area contributed by atoms with Crippen molar-refractivity contribution in [1.29, 1.82) is 0 Å². The highest BCUT2D eigenvalue weighted by molar-refractivity contribution is 7.16. The fraction of sp³-hybridized carbons (Fsp3) is 0.385. The molecule has 0 aliphatic rings. The number of hydrogen-bond donors (Lipinski definition) is 2. The van der Waals surface area contributed by atoms with Gasteiger partial charge in [-0.1, -0.05) is 11.6 Å². The molecule has 2 aromatic heterocycles. The fourth-order valence-electron chi connectivity index (χ4n) is 1.83. The van der Waals surface area contributed by atoms with Crippen LogP contribution in [-0.4, -0.2) is 21.9 Å². The molecule has 0 bridgehead atoms. The Morgan fingerprint density at radius 3 is 2.85 bits per heavy atom. The molecule has 2 aromatic rings. The number of aromatic nitrogens is 2. The Balaban J connectivity index is 1.80. The number of halogens is 1. The zero-order chi connectivity index (χ0) is 14.5. The number of nitrogens with zero attached hydrogens (tertiary/aromatic N) is 2. The monoisotopic (exact) mass is 312 g/mol. The molecule has 5 nitrogen and oxygen atoms in total. The summed E-state index contributed by atoms with van der Waals surface area (Å²) < 4.78 is 2.51. The van der Waals surface area contributed by atoms with E-state index in [-0.39, 0.29) is 18.1 Å². The first-order chi connectivity index (χ1) is 9.54. The number of rotatable bonds is 5. The molecule has 0 aromatic carbocycles. The predicted molar refractivity (Wildman–Crippen MR) is 81.1 cm³/mol. The van der Waals surface area contributed by atoms with Crippen molar-refractivity contribution in [2.45, 2.75) is 32.5 Å². The van der Waals surface area contributed by atoms with Crippen molar-refractivity contribution in [3.05, 3.63) is 39.8 Å². The van der Waals surface area contributed by atoms with Gasteiger partial charge in [-0.05, 0) is 32.0 Å². The largest absolute Gasteiger partial charge is 0.334 e. The Kier molecular flexibility index (Phi) is 5.03. The summed E-state index contributed by atoms with van der Waals surface area (Å²) in [6, 6.07) is 5.35. The lowest BCUT2D eigenvalue weighted by Gasteiger charge is -2.17. The van der Waals surface area contributed by atoms with Crippen LogP contribution in [0.2, 0.25) is 4.34 Å². The summed E-state index contributed by atoms with van der Waals surface area (Å²) in [5.41, 5.74) is 0. The molecule has 0 aliphatic heterocycles. The third-order valence-corrected chi connectivity index (χ3v) is 4.18. The first-order valence-electron chi connectivity index (χ1n) is 6.34. The Morgan fingerprint density at radius 1 is 1.45 bits per heavy atom. The van der Waals surface area contributed by atoms with Crippen LogP contribution >= 0.6 is 22.9 Å². The van der Waals surface area contributed by atoms with E-state index in [0.717, 1.165) is 9.21 Å². The molecule has 108 valence electrons. The van der Waals surface area contributed by atoms with Crippen molar-refractivity contribution in [3.63, 3.8) is 0 Å². The maximum Gasteiger partial charge on any atom is 0.315 e. The SMILES string of the molecule is C[C@H](NC(=O)N[C@@H](C)Cn1cccn1)c1ccc(Cl)s1. The smallest absolute Gasteiger partial charge is 0.315 e. The lowest BCUT2D eigenvalue weighted by Crippen LogP contribution is -2.43. The molecule has 0 unspecified atom stereocenters. The third-order valence-electron chi connectivity index (χ3n) is 2.77. The van der Waals surface area contributed by atoms with Crippen molar-refractivity contribution >= 4 is 29.0 Å². The number of hydrogen-bond acceptors (Lipinski definition) is 3. The molecule has 0 saturated heterocycles. The summed E-state index contributed by atoms with van der Waals surface area (Å²) in [6.45, 7) is 4.51. The molecule has 2 N–H and O–H groups in total. The number of thiophene rings is 1. The van der Waals surface area contributed by atoms with Crippen LogP contribution in [0, 0.1) is 0 Å². The van der Waals surface area contributed by atoms with Crippen molar-refractivity contribution in [3.8, 4) is 0 Å². The minimum absolute atomic E-state index is 0.00553. The number of nitrogens with one attached hydrogen (secondary N) is 2. The van der Waals surface area contributed by atoms with Gasteiger partial charge in [0, 0.05) is 23.3 Å². The Hall–Kier alpha value is -1.53.